The number of hydrogen-bond acceptors (Lipinski definition) is 7. The number of aromatic nitrogens is 1. The maximum Gasteiger partial charge on any atom is 0.270 e. The summed E-state index contributed by atoms with van der Waals surface area (Å²) in [7, 11) is 1.59. The number of ether oxygens (including phenoxy) is 1. The summed E-state index contributed by atoms with van der Waals surface area (Å²) in [6, 6.07) is 12.7. The lowest BCUT2D eigenvalue weighted by Gasteiger charge is -2.05. The van der Waals surface area contributed by atoms with E-state index in [2.05, 4.69) is 15.6 Å². The monoisotopic (exact) mass is 426 g/mol. The number of anilines is 1. The lowest BCUT2D eigenvalue weighted by atomic mass is 10.1. The van der Waals surface area contributed by atoms with Crippen LogP contribution in [0.3, 0.4) is 0 Å². The van der Waals surface area contributed by atoms with Crippen LogP contribution in [0.2, 0.25) is 0 Å². The van der Waals surface area contributed by atoms with Gasteiger partial charge in [0.1, 0.15) is 5.75 Å². The van der Waals surface area contributed by atoms with E-state index < -0.39 is 16.7 Å². The van der Waals surface area contributed by atoms with E-state index in [4.69, 9.17) is 4.74 Å². The summed E-state index contributed by atoms with van der Waals surface area (Å²) in [4.78, 5) is 39.9. The van der Waals surface area contributed by atoms with Crippen molar-refractivity contribution in [3.05, 3.63) is 69.1 Å². The van der Waals surface area contributed by atoms with Crippen molar-refractivity contribution >= 4 is 34.0 Å². The van der Waals surface area contributed by atoms with Crippen LogP contribution in [0, 0.1) is 17.0 Å². The van der Waals surface area contributed by atoms with Crippen LogP contribution < -0.4 is 15.4 Å². The average molecular weight is 426 g/mol. The molecule has 10 heteroatoms. The van der Waals surface area contributed by atoms with E-state index in [1.165, 1.54) is 29.5 Å². The molecule has 3 rings (SSSR count). The van der Waals surface area contributed by atoms with Gasteiger partial charge in [-0.05, 0) is 37.3 Å². The molecule has 154 valence electrons. The molecule has 0 fully saturated rings. The fraction of sp³-hybridized carbons (Fsp3) is 0.150. The van der Waals surface area contributed by atoms with E-state index in [0.29, 0.717) is 5.13 Å². The van der Waals surface area contributed by atoms with E-state index in [1.807, 2.05) is 31.2 Å². The highest BCUT2D eigenvalue weighted by Crippen LogP contribution is 2.31. The number of amides is 2. The SMILES string of the molecule is COc1ccc(-c2nc(NC(=O)CNC(=O)c3cccc([N+](=O)[O-])c3)sc2C)cc1. The van der Waals surface area contributed by atoms with Crippen molar-refractivity contribution in [3.63, 3.8) is 0 Å². The highest BCUT2D eigenvalue weighted by molar-refractivity contribution is 7.16. The third kappa shape index (κ3) is 4.97. The standard InChI is InChI=1S/C20H18N4O5S/c1-12-18(13-6-8-16(29-2)9-7-13)23-20(30-12)22-17(25)11-21-19(26)14-4-3-5-15(10-14)24(27)28/h3-10H,11H2,1-2H3,(H,21,26)(H,22,23,25). The van der Waals surface area contributed by atoms with Crippen LogP contribution >= 0.6 is 11.3 Å². The second-order valence-corrected chi connectivity index (χ2v) is 7.39. The first kappa shape index (κ1) is 20.9. The van der Waals surface area contributed by atoms with Gasteiger partial charge < -0.3 is 15.4 Å². The van der Waals surface area contributed by atoms with Gasteiger partial charge in [0.15, 0.2) is 5.13 Å². The fourth-order valence-corrected chi connectivity index (χ4v) is 3.51. The molecule has 3 aromatic rings. The van der Waals surface area contributed by atoms with Gasteiger partial charge in [-0.25, -0.2) is 4.98 Å². The Kier molecular flexibility index (Phi) is 6.38. The molecule has 0 spiro atoms. The van der Waals surface area contributed by atoms with E-state index in [9.17, 15) is 19.7 Å². The minimum Gasteiger partial charge on any atom is -0.497 e. The molecule has 0 aliphatic rings. The van der Waals surface area contributed by atoms with Crippen LogP contribution in [-0.4, -0.2) is 35.4 Å². The van der Waals surface area contributed by atoms with Crippen molar-refractivity contribution in [2.75, 3.05) is 19.0 Å². The average Bonchev–Trinajstić information content (AvgIpc) is 3.11. The zero-order valence-corrected chi connectivity index (χ0v) is 17.0. The molecular formula is C20H18N4O5S. The fourth-order valence-electron chi connectivity index (χ4n) is 2.65. The smallest absolute Gasteiger partial charge is 0.270 e. The van der Waals surface area contributed by atoms with E-state index >= 15 is 0 Å². The molecule has 0 atom stereocenters. The van der Waals surface area contributed by atoms with Crippen molar-refractivity contribution in [1.29, 1.82) is 0 Å². The molecule has 2 N–H and O–H groups in total. The molecule has 0 unspecified atom stereocenters. The van der Waals surface area contributed by atoms with Crippen molar-refractivity contribution in [2.45, 2.75) is 6.92 Å². The predicted octanol–water partition coefficient (Wildman–Crippen LogP) is 3.40. The quantitative estimate of drug-likeness (QED) is 0.441. The number of benzene rings is 2. The number of nitrogens with zero attached hydrogens (tertiary/aromatic N) is 2. The molecule has 1 heterocycles. The minimum atomic E-state index is -0.589. The molecule has 0 bridgehead atoms. The highest BCUT2D eigenvalue weighted by Gasteiger charge is 2.15. The Morgan fingerprint density at radius 2 is 1.93 bits per heavy atom. The van der Waals surface area contributed by atoms with Gasteiger partial charge in [-0.2, -0.15) is 0 Å². The number of aryl methyl sites for hydroxylation is 1. The second kappa shape index (κ2) is 9.14. The minimum absolute atomic E-state index is 0.101. The highest BCUT2D eigenvalue weighted by atomic mass is 32.1. The molecule has 0 saturated heterocycles. The van der Waals surface area contributed by atoms with Crippen LogP contribution in [-0.2, 0) is 4.79 Å². The lowest BCUT2D eigenvalue weighted by molar-refractivity contribution is -0.384. The number of thiazole rings is 1. The third-order valence-electron chi connectivity index (χ3n) is 4.14. The Morgan fingerprint density at radius 3 is 2.60 bits per heavy atom. The van der Waals surface area contributed by atoms with Gasteiger partial charge in [-0.15, -0.1) is 11.3 Å². The number of non-ortho nitro benzene ring substituents is 1. The van der Waals surface area contributed by atoms with Crippen LogP contribution in [0.25, 0.3) is 11.3 Å². The lowest BCUT2D eigenvalue weighted by Crippen LogP contribution is -2.32. The van der Waals surface area contributed by atoms with Gasteiger partial charge in [-0.3, -0.25) is 19.7 Å². The van der Waals surface area contributed by atoms with Crippen molar-refractivity contribution in [2.24, 2.45) is 0 Å². The molecule has 0 saturated carbocycles. The van der Waals surface area contributed by atoms with Gasteiger partial charge in [-0.1, -0.05) is 6.07 Å². The van der Waals surface area contributed by atoms with Gasteiger partial charge >= 0.3 is 0 Å². The zero-order chi connectivity index (χ0) is 21.7. The summed E-state index contributed by atoms with van der Waals surface area (Å²) in [5, 5.41) is 16.3. The molecule has 1 aromatic heterocycles. The Bertz CT molecular complexity index is 1090. The van der Waals surface area contributed by atoms with Crippen LogP contribution in [0.4, 0.5) is 10.8 Å². The molecule has 0 aliphatic carbocycles. The van der Waals surface area contributed by atoms with Gasteiger partial charge in [0.05, 0.1) is 24.3 Å². The molecule has 2 aromatic carbocycles. The summed E-state index contributed by atoms with van der Waals surface area (Å²) >= 11 is 1.32. The Labute approximate surface area is 175 Å². The van der Waals surface area contributed by atoms with Gasteiger partial charge in [0.25, 0.3) is 11.6 Å². The Morgan fingerprint density at radius 1 is 1.20 bits per heavy atom. The molecule has 2 amide bonds. The Hall–Kier alpha value is -3.79. The predicted molar refractivity (Wildman–Crippen MR) is 113 cm³/mol. The zero-order valence-electron chi connectivity index (χ0n) is 16.2. The van der Waals surface area contributed by atoms with E-state index in [1.54, 1.807) is 7.11 Å². The van der Waals surface area contributed by atoms with Crippen LogP contribution in [0.1, 0.15) is 15.2 Å². The molecule has 9 nitrogen and oxygen atoms in total. The largest absolute Gasteiger partial charge is 0.497 e. The van der Waals surface area contributed by atoms with Crippen molar-refractivity contribution in [3.8, 4) is 17.0 Å². The van der Waals surface area contributed by atoms with Crippen LogP contribution in [0.5, 0.6) is 5.75 Å². The maximum atomic E-state index is 12.2. The number of rotatable bonds is 7. The van der Waals surface area contributed by atoms with Crippen LogP contribution in [0.15, 0.2) is 48.5 Å². The molecule has 30 heavy (non-hydrogen) atoms. The third-order valence-corrected chi connectivity index (χ3v) is 5.02. The van der Waals surface area contributed by atoms with Gasteiger partial charge in [0.2, 0.25) is 5.91 Å². The number of nitro benzene ring substituents is 1. The number of carbonyl (C=O) groups is 2. The van der Waals surface area contributed by atoms with Crippen molar-refractivity contribution < 1.29 is 19.2 Å². The summed E-state index contributed by atoms with van der Waals surface area (Å²) < 4.78 is 5.15. The molecule has 0 aliphatic heterocycles. The molecule has 0 radical (unpaired) electrons. The summed E-state index contributed by atoms with van der Waals surface area (Å²) in [5.41, 5.74) is 1.54. The number of nitro groups is 1. The second-order valence-electron chi connectivity index (χ2n) is 6.19. The summed E-state index contributed by atoms with van der Waals surface area (Å²) in [6.07, 6.45) is 0. The number of hydrogen-bond donors (Lipinski definition) is 2. The number of methoxy groups -OCH3 is 1. The normalized spacial score (nSPS) is 10.3. The first-order chi connectivity index (χ1) is 14.4. The number of nitrogens with one attached hydrogen (secondary N) is 2. The van der Waals surface area contributed by atoms with Gasteiger partial charge in [0, 0.05) is 28.1 Å². The van der Waals surface area contributed by atoms with E-state index in [0.717, 1.165) is 28.0 Å². The maximum absolute atomic E-state index is 12.2. The van der Waals surface area contributed by atoms with Crippen molar-refractivity contribution in [1.82, 2.24) is 10.3 Å². The summed E-state index contributed by atoms with van der Waals surface area (Å²) in [6.45, 7) is 1.61. The number of carbonyl (C=O) groups excluding carboxylic acids is 2. The molecular weight excluding hydrogens is 408 g/mol. The Balaban J connectivity index is 1.60. The van der Waals surface area contributed by atoms with E-state index in [-0.39, 0.29) is 17.8 Å². The first-order valence-corrected chi connectivity index (χ1v) is 9.63. The summed E-state index contributed by atoms with van der Waals surface area (Å²) in [5.74, 6) is -0.299. The topological polar surface area (TPSA) is 123 Å². The first-order valence-electron chi connectivity index (χ1n) is 8.81.